The second-order valence-electron chi connectivity index (χ2n) is 15.1. The van der Waals surface area contributed by atoms with Crippen molar-refractivity contribution in [2.75, 3.05) is 40.5 Å². The third-order valence-electron chi connectivity index (χ3n) is 9.64. The second-order valence-corrected chi connectivity index (χ2v) is 18.7. The number of ether oxygens (including phenoxy) is 4. The summed E-state index contributed by atoms with van der Waals surface area (Å²) in [6.45, 7) is 10.4. The molecule has 17 heteroatoms. The summed E-state index contributed by atoms with van der Waals surface area (Å²) in [5, 5.41) is 8.97. The minimum Gasteiger partial charge on any atom is -0.497 e. The van der Waals surface area contributed by atoms with Gasteiger partial charge >= 0.3 is 17.9 Å². The van der Waals surface area contributed by atoms with Crippen LogP contribution in [-0.2, 0) is 43.9 Å². The van der Waals surface area contributed by atoms with Crippen molar-refractivity contribution in [2.24, 2.45) is 11.7 Å². The Balaban J connectivity index is 0.000000234. The van der Waals surface area contributed by atoms with Gasteiger partial charge in [-0.1, -0.05) is 12.8 Å². The standard InChI is InChI=1S/C16H23NO5S.C14H19NO5S.C8H14O2.C3H7N/c1-5-22-15(18)10-17(13-6-7-13)23(19,20)16-11(2)8-14(21-4)9-12(16)3;1-9-6-12(20-3)7-10(2)14(9)21(18,19)15(8-13(16)17)11-4-5-11;1-2-10-8(9)6-5-7-3-4-7;4-3-1-2-3/h8-9,13H,5-7,10H2,1-4H3;6-7,11H,4-5,8H2,1-3H3,(H,16,17);7H,2-6H2,1H3;3H,1-2,4H2. The lowest BCUT2D eigenvalue weighted by atomic mass is 10.1. The predicted octanol–water partition coefficient (Wildman–Crippen LogP) is 5.43. The maximum atomic E-state index is 13.1. The average molecular weight is 854 g/mol. The fraction of sp³-hybridized carbons (Fsp3) is 0.634. The molecule has 4 fully saturated rings. The molecular formula is C41H63N3O12S2. The number of hydrogen-bond acceptors (Lipinski definition) is 12. The van der Waals surface area contributed by atoms with E-state index in [0.29, 0.717) is 65.7 Å². The van der Waals surface area contributed by atoms with Crippen molar-refractivity contribution >= 4 is 38.0 Å². The van der Waals surface area contributed by atoms with Crippen molar-refractivity contribution in [3.8, 4) is 11.5 Å². The van der Waals surface area contributed by atoms with Gasteiger partial charge in [-0.25, -0.2) is 16.8 Å². The van der Waals surface area contributed by atoms with Crippen LogP contribution in [0.2, 0.25) is 0 Å². The van der Waals surface area contributed by atoms with E-state index in [0.717, 1.165) is 29.5 Å². The van der Waals surface area contributed by atoms with E-state index in [9.17, 15) is 31.2 Å². The van der Waals surface area contributed by atoms with Gasteiger partial charge in [-0.15, -0.1) is 0 Å². The molecule has 3 N–H and O–H groups in total. The number of aliphatic carboxylic acids is 1. The van der Waals surface area contributed by atoms with Gasteiger partial charge in [0.05, 0.1) is 37.2 Å². The zero-order chi connectivity index (χ0) is 43.4. The monoisotopic (exact) mass is 853 g/mol. The van der Waals surface area contributed by atoms with E-state index in [1.54, 1.807) is 66.0 Å². The number of methoxy groups -OCH3 is 2. The molecule has 15 nitrogen and oxygen atoms in total. The van der Waals surface area contributed by atoms with Crippen molar-refractivity contribution in [3.05, 3.63) is 46.5 Å². The van der Waals surface area contributed by atoms with Gasteiger partial charge in [0.15, 0.2) is 0 Å². The molecule has 0 atom stereocenters. The lowest BCUT2D eigenvalue weighted by Crippen LogP contribution is -2.38. The van der Waals surface area contributed by atoms with Gasteiger partial charge in [-0.3, -0.25) is 14.4 Å². The molecule has 4 aliphatic carbocycles. The van der Waals surface area contributed by atoms with E-state index in [2.05, 4.69) is 0 Å². The summed E-state index contributed by atoms with van der Waals surface area (Å²) < 4.78 is 74.1. The van der Waals surface area contributed by atoms with Crippen LogP contribution < -0.4 is 15.2 Å². The molecule has 0 saturated heterocycles. The number of nitrogens with zero attached hydrogens (tertiary/aromatic N) is 2. The molecule has 0 radical (unpaired) electrons. The Bertz CT molecular complexity index is 1890. The summed E-state index contributed by atoms with van der Waals surface area (Å²) in [7, 11) is -4.52. The molecule has 2 aromatic rings. The van der Waals surface area contributed by atoms with Crippen molar-refractivity contribution in [1.29, 1.82) is 0 Å². The fourth-order valence-electron chi connectivity index (χ4n) is 6.18. The quantitative estimate of drug-likeness (QED) is 0.191. The van der Waals surface area contributed by atoms with Gasteiger partial charge in [0.25, 0.3) is 0 Å². The summed E-state index contributed by atoms with van der Waals surface area (Å²) in [6.07, 6.45) is 9.79. The van der Waals surface area contributed by atoms with E-state index in [4.69, 9.17) is 29.8 Å². The first-order chi connectivity index (χ1) is 27.3. The Morgan fingerprint density at radius 1 is 0.655 bits per heavy atom. The molecule has 0 aliphatic heterocycles. The Labute approximate surface area is 344 Å². The summed E-state index contributed by atoms with van der Waals surface area (Å²) in [5.41, 5.74) is 7.55. The molecule has 0 spiro atoms. The highest BCUT2D eigenvalue weighted by atomic mass is 32.2. The molecule has 0 amide bonds. The molecule has 0 aromatic heterocycles. The van der Waals surface area contributed by atoms with Crippen LogP contribution in [0.15, 0.2) is 34.1 Å². The van der Waals surface area contributed by atoms with Crippen LogP contribution in [-0.4, -0.2) is 107 Å². The van der Waals surface area contributed by atoms with Crippen LogP contribution >= 0.6 is 0 Å². The summed E-state index contributed by atoms with van der Waals surface area (Å²) in [6, 6.07) is 6.93. The molecule has 0 bridgehead atoms. The predicted molar refractivity (Wildman–Crippen MR) is 219 cm³/mol. The summed E-state index contributed by atoms with van der Waals surface area (Å²) >= 11 is 0. The van der Waals surface area contributed by atoms with Crippen LogP contribution in [0.4, 0.5) is 0 Å². The van der Waals surface area contributed by atoms with Crippen LogP contribution in [0.3, 0.4) is 0 Å². The first-order valence-corrected chi connectivity index (χ1v) is 22.8. The number of hydrogen-bond donors (Lipinski definition) is 2. The minimum absolute atomic E-state index is 0.0330. The number of sulfonamides is 2. The smallest absolute Gasteiger partial charge is 0.321 e. The average Bonchev–Trinajstić information content (AvgIpc) is 3.95. The number of benzene rings is 2. The Kier molecular flexibility index (Phi) is 18.4. The third kappa shape index (κ3) is 15.1. The van der Waals surface area contributed by atoms with E-state index in [-0.39, 0.29) is 41.0 Å². The third-order valence-corrected chi connectivity index (χ3v) is 14.1. The Morgan fingerprint density at radius 2 is 1.02 bits per heavy atom. The molecule has 326 valence electrons. The zero-order valence-corrected chi connectivity index (χ0v) is 36.9. The molecule has 0 heterocycles. The lowest BCUT2D eigenvalue weighted by molar-refractivity contribution is -0.144. The topological polar surface area (TPSA) is 209 Å². The van der Waals surface area contributed by atoms with Gasteiger partial charge in [0, 0.05) is 24.5 Å². The Hall–Kier alpha value is -3.77. The van der Waals surface area contributed by atoms with Crippen LogP contribution in [0.5, 0.6) is 11.5 Å². The Morgan fingerprint density at radius 3 is 1.31 bits per heavy atom. The number of rotatable bonds is 17. The van der Waals surface area contributed by atoms with Crippen LogP contribution in [0.25, 0.3) is 0 Å². The van der Waals surface area contributed by atoms with Gasteiger partial charge < -0.3 is 29.8 Å². The summed E-state index contributed by atoms with van der Waals surface area (Å²) in [4.78, 5) is 33.9. The molecule has 4 aliphatic rings. The zero-order valence-electron chi connectivity index (χ0n) is 35.2. The normalized spacial score (nSPS) is 16.1. The number of aryl methyl sites for hydroxylation is 4. The van der Waals surface area contributed by atoms with Crippen molar-refractivity contribution in [3.63, 3.8) is 0 Å². The minimum atomic E-state index is -3.82. The number of nitrogens with two attached hydrogens (primary N) is 1. The fourth-order valence-corrected chi connectivity index (χ4v) is 10.3. The van der Waals surface area contributed by atoms with Gasteiger partial charge in [0.2, 0.25) is 20.0 Å². The highest BCUT2D eigenvalue weighted by Crippen LogP contribution is 2.37. The molecule has 6 rings (SSSR count). The molecular weight excluding hydrogens is 791 g/mol. The highest BCUT2D eigenvalue weighted by molar-refractivity contribution is 7.89. The lowest BCUT2D eigenvalue weighted by Gasteiger charge is -2.23. The van der Waals surface area contributed by atoms with Crippen LogP contribution in [0, 0.1) is 33.6 Å². The molecule has 4 saturated carbocycles. The largest absolute Gasteiger partial charge is 0.497 e. The van der Waals surface area contributed by atoms with Crippen LogP contribution in [0.1, 0.15) is 100 Å². The van der Waals surface area contributed by atoms with E-state index in [1.807, 2.05) is 6.92 Å². The summed E-state index contributed by atoms with van der Waals surface area (Å²) in [5.74, 6) is 0.336. The number of carbonyl (C=O) groups is 3. The highest BCUT2D eigenvalue weighted by Gasteiger charge is 2.42. The molecule has 58 heavy (non-hydrogen) atoms. The van der Waals surface area contributed by atoms with E-state index in [1.165, 1.54) is 37.1 Å². The first-order valence-electron chi connectivity index (χ1n) is 19.9. The van der Waals surface area contributed by atoms with Gasteiger partial charge in [-0.05, 0) is 139 Å². The van der Waals surface area contributed by atoms with Crippen molar-refractivity contribution < 1.29 is 55.3 Å². The molecule has 2 aromatic carbocycles. The first kappa shape index (κ1) is 48.6. The number of carboxylic acids is 1. The molecule has 0 unspecified atom stereocenters. The van der Waals surface area contributed by atoms with Crippen molar-refractivity contribution in [1.82, 2.24) is 8.61 Å². The maximum absolute atomic E-state index is 13.1. The SMILES string of the molecule is CCOC(=O)CCC1CC1.CCOC(=O)CN(C1CC1)S(=O)(=O)c1c(C)cc(OC)cc1C.COc1cc(C)c(S(=O)(=O)N(CC(=O)O)C2CC2)c(C)c1.NC1CC1. The van der Waals surface area contributed by atoms with E-state index >= 15 is 0 Å². The second kappa shape index (κ2) is 22.0. The maximum Gasteiger partial charge on any atom is 0.321 e. The number of esters is 2. The van der Waals surface area contributed by atoms with Crippen molar-refractivity contribution in [2.45, 2.75) is 134 Å². The van der Waals surface area contributed by atoms with E-state index < -0.39 is 38.5 Å². The number of carboxylic acid groups (broad SMARTS) is 1. The number of carbonyl (C=O) groups excluding carboxylic acids is 2. The van der Waals surface area contributed by atoms with Gasteiger partial charge in [-0.2, -0.15) is 8.61 Å². The van der Waals surface area contributed by atoms with Gasteiger partial charge in [0.1, 0.15) is 24.6 Å².